The smallest absolute Gasteiger partial charge is 0.224 e. The molecule has 0 spiro atoms. The number of nitrogens with zero attached hydrogens (tertiary/aromatic N) is 2. The number of hydrogen-bond donors (Lipinski definition) is 1. The van der Waals surface area contributed by atoms with E-state index < -0.39 is 9.84 Å². The van der Waals surface area contributed by atoms with Crippen LogP contribution in [0.2, 0.25) is 0 Å². The largest absolute Gasteiger partial charge is 0.481 e. The summed E-state index contributed by atoms with van der Waals surface area (Å²) < 4.78 is 33.1. The van der Waals surface area contributed by atoms with Crippen LogP contribution in [0.3, 0.4) is 0 Å². The predicted molar refractivity (Wildman–Crippen MR) is 69.0 cm³/mol. The van der Waals surface area contributed by atoms with Crippen LogP contribution in [0.5, 0.6) is 11.8 Å². The number of aromatic nitrogens is 2. The predicted octanol–water partition coefficient (Wildman–Crippen LogP) is -0.230. The first-order valence-electron chi connectivity index (χ1n) is 5.91. The minimum Gasteiger partial charge on any atom is -0.481 e. The van der Waals surface area contributed by atoms with E-state index in [4.69, 9.17) is 9.47 Å². The summed E-state index contributed by atoms with van der Waals surface area (Å²) in [7, 11) is 0.151. The lowest BCUT2D eigenvalue weighted by atomic mass is 10.2. The molecule has 8 heteroatoms. The molecule has 1 aromatic rings. The zero-order valence-electron chi connectivity index (χ0n) is 10.9. The Morgan fingerprint density at radius 3 is 2.42 bits per heavy atom. The second-order valence-electron chi connectivity index (χ2n) is 4.35. The number of rotatable bonds is 5. The van der Waals surface area contributed by atoms with E-state index in [1.807, 2.05) is 0 Å². The first-order valence-corrected chi connectivity index (χ1v) is 7.73. The highest BCUT2D eigenvalue weighted by Gasteiger charge is 2.28. The molecule has 0 radical (unpaired) electrons. The summed E-state index contributed by atoms with van der Waals surface area (Å²) >= 11 is 0. The Morgan fingerprint density at radius 2 is 1.95 bits per heavy atom. The molecule has 1 aliphatic heterocycles. The Kier molecular flexibility index (Phi) is 4.20. The molecule has 2 rings (SSSR count). The summed E-state index contributed by atoms with van der Waals surface area (Å²) in [5.41, 5.74) is 0.691. The summed E-state index contributed by atoms with van der Waals surface area (Å²) in [6.07, 6.45) is 1.99. The van der Waals surface area contributed by atoms with E-state index in [0.717, 1.165) is 0 Å². The molecule has 1 fully saturated rings. The molecule has 0 aliphatic carbocycles. The Morgan fingerprint density at radius 1 is 1.32 bits per heavy atom. The van der Waals surface area contributed by atoms with E-state index in [-0.39, 0.29) is 17.5 Å². The number of nitrogens with one attached hydrogen (secondary N) is 1. The second-order valence-corrected chi connectivity index (χ2v) is 6.58. The minimum absolute atomic E-state index is 0.0420. The topological polar surface area (TPSA) is 90.4 Å². The van der Waals surface area contributed by atoms with Crippen LogP contribution in [0.4, 0.5) is 0 Å². The van der Waals surface area contributed by atoms with E-state index in [2.05, 4.69) is 15.3 Å². The molecule has 1 aromatic heterocycles. The summed E-state index contributed by atoms with van der Waals surface area (Å²) in [5.74, 6) is 1.27. The highest BCUT2D eigenvalue weighted by atomic mass is 32.2. The fourth-order valence-corrected chi connectivity index (χ4v) is 3.79. The summed E-state index contributed by atoms with van der Waals surface area (Å²) in [5, 5.41) is 3.18. The monoisotopic (exact) mass is 287 g/mol. The molecule has 7 nitrogen and oxygen atoms in total. The van der Waals surface area contributed by atoms with Crippen LogP contribution in [-0.4, -0.2) is 50.2 Å². The zero-order valence-corrected chi connectivity index (χ0v) is 11.7. The van der Waals surface area contributed by atoms with Crippen molar-refractivity contribution in [2.75, 3.05) is 25.7 Å². The lowest BCUT2D eigenvalue weighted by Gasteiger charge is -2.14. The Bertz CT molecular complexity index is 525. The molecule has 19 heavy (non-hydrogen) atoms. The third-order valence-electron chi connectivity index (χ3n) is 3.05. The number of sulfone groups is 1. The van der Waals surface area contributed by atoms with Gasteiger partial charge in [0.2, 0.25) is 11.8 Å². The first-order chi connectivity index (χ1) is 9.05. The molecule has 2 heterocycles. The van der Waals surface area contributed by atoms with Gasteiger partial charge >= 0.3 is 0 Å². The first kappa shape index (κ1) is 14.0. The van der Waals surface area contributed by atoms with Gasteiger partial charge < -0.3 is 14.8 Å². The quantitative estimate of drug-likeness (QED) is 0.800. The molecule has 1 N–H and O–H groups in total. The van der Waals surface area contributed by atoms with Gasteiger partial charge in [-0.2, -0.15) is 0 Å². The standard InChI is InChI=1S/C11H17N3O4S/c1-17-10-9(11(18-2)14-7-13-10)5-12-8-3-4-19(15,16)6-8/h7-8,12H,3-6H2,1-2H3. The third-order valence-corrected chi connectivity index (χ3v) is 4.82. The molecule has 1 unspecified atom stereocenters. The van der Waals surface area contributed by atoms with Crippen LogP contribution < -0.4 is 14.8 Å². The zero-order chi connectivity index (χ0) is 13.9. The van der Waals surface area contributed by atoms with Crippen LogP contribution in [0, 0.1) is 0 Å². The molecule has 1 aliphatic rings. The highest BCUT2D eigenvalue weighted by Crippen LogP contribution is 2.23. The molecule has 0 saturated carbocycles. The summed E-state index contributed by atoms with van der Waals surface area (Å²) in [6.45, 7) is 0.410. The van der Waals surface area contributed by atoms with Crippen LogP contribution in [0.15, 0.2) is 6.33 Å². The van der Waals surface area contributed by atoms with Crippen LogP contribution in [-0.2, 0) is 16.4 Å². The lowest BCUT2D eigenvalue weighted by Crippen LogP contribution is -2.30. The van der Waals surface area contributed by atoms with E-state index >= 15 is 0 Å². The van der Waals surface area contributed by atoms with Gasteiger partial charge in [0.25, 0.3) is 0 Å². The molecule has 0 amide bonds. The molecule has 1 saturated heterocycles. The molecular formula is C11H17N3O4S. The van der Waals surface area contributed by atoms with Crippen molar-refractivity contribution >= 4 is 9.84 Å². The molecule has 106 valence electrons. The van der Waals surface area contributed by atoms with Gasteiger partial charge in [0, 0.05) is 12.6 Å². The maximum Gasteiger partial charge on any atom is 0.224 e. The molecule has 1 atom stereocenters. The number of ether oxygens (including phenoxy) is 2. The van der Waals surface area contributed by atoms with Crippen molar-refractivity contribution in [3.8, 4) is 11.8 Å². The highest BCUT2D eigenvalue weighted by molar-refractivity contribution is 7.91. The summed E-state index contributed by atoms with van der Waals surface area (Å²) in [4.78, 5) is 8.02. The van der Waals surface area contributed by atoms with Gasteiger partial charge in [-0.15, -0.1) is 0 Å². The maximum absolute atomic E-state index is 11.4. The van der Waals surface area contributed by atoms with Crippen molar-refractivity contribution in [1.29, 1.82) is 0 Å². The van der Waals surface area contributed by atoms with Crippen molar-refractivity contribution in [1.82, 2.24) is 15.3 Å². The van der Waals surface area contributed by atoms with Gasteiger partial charge in [0.1, 0.15) is 6.33 Å². The van der Waals surface area contributed by atoms with Gasteiger partial charge in [-0.25, -0.2) is 18.4 Å². The Hall–Kier alpha value is -1.41. The van der Waals surface area contributed by atoms with Crippen molar-refractivity contribution in [3.05, 3.63) is 11.9 Å². The van der Waals surface area contributed by atoms with Crippen molar-refractivity contribution in [2.24, 2.45) is 0 Å². The average molecular weight is 287 g/mol. The molecule has 0 bridgehead atoms. The van der Waals surface area contributed by atoms with E-state index in [0.29, 0.717) is 30.3 Å². The normalized spacial score (nSPS) is 21.3. The molecule has 0 aromatic carbocycles. The Balaban J connectivity index is 2.07. The number of hydrogen-bond acceptors (Lipinski definition) is 7. The SMILES string of the molecule is COc1ncnc(OC)c1CNC1CCS(=O)(=O)C1. The van der Waals surface area contributed by atoms with Crippen molar-refractivity contribution in [2.45, 2.75) is 19.0 Å². The van der Waals surface area contributed by atoms with E-state index in [1.165, 1.54) is 20.5 Å². The third kappa shape index (κ3) is 3.32. The van der Waals surface area contributed by atoms with Crippen molar-refractivity contribution in [3.63, 3.8) is 0 Å². The van der Waals surface area contributed by atoms with E-state index in [1.54, 1.807) is 0 Å². The van der Waals surface area contributed by atoms with Gasteiger partial charge in [-0.1, -0.05) is 0 Å². The Labute approximate surface area is 112 Å². The van der Waals surface area contributed by atoms with E-state index in [9.17, 15) is 8.42 Å². The number of methoxy groups -OCH3 is 2. The van der Waals surface area contributed by atoms with Crippen LogP contribution >= 0.6 is 0 Å². The van der Waals surface area contributed by atoms with Gasteiger partial charge in [0.15, 0.2) is 9.84 Å². The lowest BCUT2D eigenvalue weighted by molar-refractivity contribution is 0.357. The van der Waals surface area contributed by atoms with Crippen LogP contribution in [0.25, 0.3) is 0 Å². The minimum atomic E-state index is -2.89. The fraction of sp³-hybridized carbons (Fsp3) is 0.636. The van der Waals surface area contributed by atoms with Crippen molar-refractivity contribution < 1.29 is 17.9 Å². The van der Waals surface area contributed by atoms with Gasteiger partial charge in [0.05, 0.1) is 31.3 Å². The fourth-order valence-electron chi connectivity index (χ4n) is 2.09. The second kappa shape index (κ2) is 5.70. The molecular weight excluding hydrogens is 270 g/mol. The van der Waals surface area contributed by atoms with Gasteiger partial charge in [-0.3, -0.25) is 0 Å². The summed E-state index contributed by atoms with van der Waals surface area (Å²) in [6, 6.07) is -0.0420. The van der Waals surface area contributed by atoms with Gasteiger partial charge in [-0.05, 0) is 6.42 Å². The average Bonchev–Trinajstić information content (AvgIpc) is 2.75. The van der Waals surface area contributed by atoms with Crippen LogP contribution in [0.1, 0.15) is 12.0 Å². The maximum atomic E-state index is 11.4.